The molecular formula is C24H29NO4. The molecule has 2 rings (SSSR count). The number of allylic oxidation sites excluding steroid dienone is 1. The summed E-state index contributed by atoms with van der Waals surface area (Å²) < 4.78 is 11.2. The molecule has 0 aromatic heterocycles. The molecule has 1 amide bonds. The van der Waals surface area contributed by atoms with E-state index in [0.29, 0.717) is 29.6 Å². The van der Waals surface area contributed by atoms with Gasteiger partial charge in [0.25, 0.3) is 5.91 Å². The zero-order valence-electron chi connectivity index (χ0n) is 17.8. The van der Waals surface area contributed by atoms with Gasteiger partial charge in [-0.3, -0.25) is 9.59 Å². The Bertz CT molecular complexity index is 867. The zero-order valence-corrected chi connectivity index (χ0v) is 17.8. The van der Waals surface area contributed by atoms with E-state index in [-0.39, 0.29) is 18.3 Å². The maximum absolute atomic E-state index is 12.4. The first kappa shape index (κ1) is 22.2. The quantitative estimate of drug-likeness (QED) is 0.461. The van der Waals surface area contributed by atoms with Crippen LogP contribution in [0.3, 0.4) is 0 Å². The maximum Gasteiger partial charge on any atom is 0.259 e. The summed E-state index contributed by atoms with van der Waals surface area (Å²) in [5.74, 6) is 1.27. The second-order valence-corrected chi connectivity index (χ2v) is 7.19. The van der Waals surface area contributed by atoms with Crippen molar-refractivity contribution < 1.29 is 19.1 Å². The lowest BCUT2D eigenvalue weighted by Gasteiger charge is -2.14. The molecule has 0 aliphatic rings. The van der Waals surface area contributed by atoms with E-state index < -0.39 is 0 Å². The number of nitrogens with zero attached hydrogens (tertiary/aromatic N) is 1. The highest BCUT2D eigenvalue weighted by atomic mass is 16.5. The lowest BCUT2D eigenvalue weighted by atomic mass is 10.0. The summed E-state index contributed by atoms with van der Waals surface area (Å²) in [6.45, 7) is 6.52. The first-order valence-electron chi connectivity index (χ1n) is 9.74. The Morgan fingerprint density at radius 1 is 1.00 bits per heavy atom. The Hall–Kier alpha value is -3.08. The number of carbonyl (C=O) groups is 2. The summed E-state index contributed by atoms with van der Waals surface area (Å²) in [5, 5.41) is 0. The van der Waals surface area contributed by atoms with Crippen molar-refractivity contribution in [2.45, 2.75) is 26.7 Å². The molecule has 0 saturated carbocycles. The Labute approximate surface area is 172 Å². The van der Waals surface area contributed by atoms with Crippen LogP contribution < -0.4 is 9.47 Å². The SMILES string of the molecule is CCOc1cc(/C=C/C(=O)c2ccc(C(C)C)cc2)ccc1OCC(=O)N(C)C. The van der Waals surface area contributed by atoms with E-state index in [1.807, 2.05) is 37.3 Å². The predicted molar refractivity (Wildman–Crippen MR) is 116 cm³/mol. The summed E-state index contributed by atoms with van der Waals surface area (Å²) in [4.78, 5) is 25.6. The second kappa shape index (κ2) is 10.5. The largest absolute Gasteiger partial charge is 0.490 e. The van der Waals surface area contributed by atoms with Crippen molar-refractivity contribution >= 4 is 17.8 Å². The lowest BCUT2D eigenvalue weighted by Crippen LogP contribution is -2.27. The summed E-state index contributed by atoms with van der Waals surface area (Å²) in [5.41, 5.74) is 2.67. The monoisotopic (exact) mass is 395 g/mol. The van der Waals surface area contributed by atoms with Crippen LogP contribution in [0.5, 0.6) is 11.5 Å². The van der Waals surface area contributed by atoms with E-state index >= 15 is 0 Å². The van der Waals surface area contributed by atoms with E-state index in [1.54, 1.807) is 38.4 Å². The Morgan fingerprint density at radius 2 is 1.69 bits per heavy atom. The predicted octanol–water partition coefficient (Wildman–Crippen LogP) is 4.57. The molecule has 0 radical (unpaired) electrons. The number of amides is 1. The van der Waals surface area contributed by atoms with Crippen molar-refractivity contribution in [3.63, 3.8) is 0 Å². The van der Waals surface area contributed by atoms with Gasteiger partial charge in [0.15, 0.2) is 23.9 Å². The highest BCUT2D eigenvalue weighted by Gasteiger charge is 2.10. The Balaban J connectivity index is 2.12. The van der Waals surface area contributed by atoms with Crippen molar-refractivity contribution in [2.75, 3.05) is 27.3 Å². The Morgan fingerprint density at radius 3 is 2.28 bits per heavy atom. The van der Waals surface area contributed by atoms with Crippen LogP contribution in [0.25, 0.3) is 6.08 Å². The minimum absolute atomic E-state index is 0.0600. The highest BCUT2D eigenvalue weighted by Crippen LogP contribution is 2.29. The first-order chi connectivity index (χ1) is 13.8. The van der Waals surface area contributed by atoms with Crippen LogP contribution in [0.2, 0.25) is 0 Å². The van der Waals surface area contributed by atoms with Crippen LogP contribution in [-0.2, 0) is 4.79 Å². The molecule has 0 fully saturated rings. The molecule has 2 aromatic rings. The molecule has 0 N–H and O–H groups in total. The number of ketones is 1. The van der Waals surface area contributed by atoms with Crippen LogP contribution in [-0.4, -0.2) is 43.9 Å². The third-order valence-electron chi connectivity index (χ3n) is 4.41. The number of carbonyl (C=O) groups excluding carboxylic acids is 2. The third kappa shape index (κ3) is 6.49. The van der Waals surface area contributed by atoms with Gasteiger partial charge in [0.05, 0.1) is 6.61 Å². The summed E-state index contributed by atoms with van der Waals surface area (Å²) >= 11 is 0. The van der Waals surface area contributed by atoms with Crippen molar-refractivity contribution in [3.8, 4) is 11.5 Å². The molecule has 0 aliphatic heterocycles. The Kier molecular flexibility index (Phi) is 8.01. The smallest absolute Gasteiger partial charge is 0.259 e. The van der Waals surface area contributed by atoms with Gasteiger partial charge < -0.3 is 14.4 Å². The zero-order chi connectivity index (χ0) is 21.4. The number of rotatable bonds is 9. The molecule has 154 valence electrons. The van der Waals surface area contributed by atoms with Crippen LogP contribution in [0.4, 0.5) is 0 Å². The number of hydrogen-bond acceptors (Lipinski definition) is 4. The molecule has 29 heavy (non-hydrogen) atoms. The molecule has 0 bridgehead atoms. The van der Waals surface area contributed by atoms with Crippen molar-refractivity contribution in [1.29, 1.82) is 0 Å². The normalized spacial score (nSPS) is 11.0. The minimum atomic E-state index is -0.134. The van der Waals surface area contributed by atoms with E-state index in [9.17, 15) is 9.59 Å². The van der Waals surface area contributed by atoms with E-state index in [2.05, 4.69) is 13.8 Å². The maximum atomic E-state index is 12.4. The fourth-order valence-electron chi connectivity index (χ4n) is 2.58. The summed E-state index contributed by atoms with van der Waals surface area (Å²) in [6, 6.07) is 13.0. The van der Waals surface area contributed by atoms with Crippen LogP contribution in [0.15, 0.2) is 48.5 Å². The number of likely N-dealkylation sites (N-methyl/N-ethyl adjacent to an activating group) is 1. The molecule has 5 heteroatoms. The van der Waals surface area contributed by atoms with Gasteiger partial charge in [0, 0.05) is 19.7 Å². The standard InChI is InChI=1S/C24H29NO4/c1-6-28-23-15-18(8-14-22(23)29-16-24(27)25(4)5)7-13-21(26)20-11-9-19(10-12-20)17(2)3/h7-15,17H,6,16H2,1-5H3/b13-7+. The first-order valence-corrected chi connectivity index (χ1v) is 9.74. The number of ether oxygens (including phenoxy) is 2. The molecule has 0 saturated heterocycles. The van der Waals surface area contributed by atoms with E-state index in [1.165, 1.54) is 10.5 Å². The molecule has 2 aromatic carbocycles. The highest BCUT2D eigenvalue weighted by molar-refractivity contribution is 6.06. The average molecular weight is 395 g/mol. The van der Waals surface area contributed by atoms with Gasteiger partial charge in [-0.05, 0) is 42.2 Å². The van der Waals surface area contributed by atoms with Crippen molar-refractivity contribution in [2.24, 2.45) is 0 Å². The lowest BCUT2D eigenvalue weighted by molar-refractivity contribution is -0.130. The van der Waals surface area contributed by atoms with Gasteiger partial charge in [-0.2, -0.15) is 0 Å². The van der Waals surface area contributed by atoms with Crippen LogP contribution >= 0.6 is 0 Å². The number of benzene rings is 2. The topological polar surface area (TPSA) is 55.8 Å². The molecule has 5 nitrogen and oxygen atoms in total. The van der Waals surface area contributed by atoms with Gasteiger partial charge >= 0.3 is 0 Å². The van der Waals surface area contributed by atoms with Crippen LogP contribution in [0.1, 0.15) is 48.2 Å². The van der Waals surface area contributed by atoms with Crippen LogP contribution in [0, 0.1) is 0 Å². The van der Waals surface area contributed by atoms with Crippen molar-refractivity contribution in [1.82, 2.24) is 4.90 Å². The molecule has 0 spiro atoms. The molecule has 0 atom stereocenters. The van der Waals surface area contributed by atoms with E-state index in [0.717, 1.165) is 5.56 Å². The number of hydrogen-bond donors (Lipinski definition) is 0. The second-order valence-electron chi connectivity index (χ2n) is 7.19. The fourth-order valence-corrected chi connectivity index (χ4v) is 2.58. The summed E-state index contributed by atoms with van der Waals surface area (Å²) in [6.07, 6.45) is 3.29. The summed E-state index contributed by atoms with van der Waals surface area (Å²) in [7, 11) is 3.35. The van der Waals surface area contributed by atoms with Gasteiger partial charge in [0.2, 0.25) is 0 Å². The van der Waals surface area contributed by atoms with E-state index in [4.69, 9.17) is 9.47 Å². The minimum Gasteiger partial charge on any atom is -0.490 e. The molecule has 0 heterocycles. The van der Waals surface area contributed by atoms with Gasteiger partial charge in [-0.1, -0.05) is 50.3 Å². The van der Waals surface area contributed by atoms with Gasteiger partial charge in [-0.15, -0.1) is 0 Å². The average Bonchev–Trinajstić information content (AvgIpc) is 2.71. The molecular weight excluding hydrogens is 366 g/mol. The fraction of sp³-hybridized carbons (Fsp3) is 0.333. The molecule has 0 unspecified atom stereocenters. The molecule has 0 aliphatic carbocycles. The van der Waals surface area contributed by atoms with Crippen molar-refractivity contribution in [3.05, 3.63) is 65.2 Å². The third-order valence-corrected chi connectivity index (χ3v) is 4.41. The van der Waals surface area contributed by atoms with Gasteiger partial charge in [0.1, 0.15) is 0 Å². The van der Waals surface area contributed by atoms with Gasteiger partial charge in [-0.25, -0.2) is 0 Å².